The van der Waals surface area contributed by atoms with E-state index in [1.807, 2.05) is 32.5 Å². The van der Waals surface area contributed by atoms with Crippen LogP contribution in [0.3, 0.4) is 0 Å². The van der Waals surface area contributed by atoms with Crippen LogP contribution in [0, 0.1) is 0 Å². The molecule has 0 amide bonds. The number of halogens is 2. The normalized spacial score (nSPS) is 12.8. The summed E-state index contributed by atoms with van der Waals surface area (Å²) in [6.45, 7) is 0. The Balaban J connectivity index is 3.35. The highest BCUT2D eigenvalue weighted by Gasteiger charge is 1.56. The third-order valence-corrected chi connectivity index (χ3v) is 1.31. The third-order valence-electron chi connectivity index (χ3n) is 0.479. The molecule has 8 heavy (non-hydrogen) atoms. The smallest absolute Gasteiger partial charge is 0.0234 e. The Morgan fingerprint density at radius 3 is 1.25 bits per heavy atom. The van der Waals surface area contributed by atoms with Gasteiger partial charge in [0.2, 0.25) is 0 Å². The number of hydrogen-bond acceptors (Lipinski definition) is 0. The van der Waals surface area contributed by atoms with Crippen LogP contribution in [0.4, 0.5) is 0 Å². The highest BCUT2D eigenvalue weighted by molar-refractivity contribution is 14.1. The molecule has 0 heterocycles. The summed E-state index contributed by atoms with van der Waals surface area (Å²) in [6, 6.07) is 0. The van der Waals surface area contributed by atoms with Crippen LogP contribution in [0.1, 0.15) is 0 Å². The predicted octanol–water partition coefficient (Wildman–Crippen LogP) is 3.44. The minimum absolute atomic E-state index is 1.97. The van der Waals surface area contributed by atoms with E-state index in [-0.39, 0.29) is 0 Å². The second-order valence-electron chi connectivity index (χ2n) is 1.02. The van der Waals surface area contributed by atoms with Crippen molar-refractivity contribution < 1.29 is 0 Å². The minimum Gasteiger partial charge on any atom is -0.0618 e. The van der Waals surface area contributed by atoms with Crippen LogP contribution in [-0.4, -0.2) is 0 Å². The maximum absolute atomic E-state index is 2.18. The lowest BCUT2D eigenvalue weighted by Crippen LogP contribution is -1.42. The molecule has 0 bridgehead atoms. The molecule has 0 radical (unpaired) electrons. The van der Waals surface area contributed by atoms with Gasteiger partial charge in [-0.1, -0.05) is 69.5 Å². The van der Waals surface area contributed by atoms with Crippen molar-refractivity contribution in [3.05, 3.63) is 32.5 Å². The van der Waals surface area contributed by atoms with Crippen LogP contribution in [0.15, 0.2) is 32.5 Å². The Hall–Kier alpha value is 0.680. The summed E-state index contributed by atoms with van der Waals surface area (Å²) in [6.07, 6.45) is 7.94. The van der Waals surface area contributed by atoms with Gasteiger partial charge < -0.3 is 0 Å². The van der Waals surface area contributed by atoms with Gasteiger partial charge in [0.15, 0.2) is 0 Å². The van der Waals surface area contributed by atoms with Gasteiger partial charge in [0.05, 0.1) is 0 Å². The standard InChI is InChI=1S/C6H6I2/c7-5-3-1-2-4-6-8/h1-6H/b2-1+,5-3+,6-4+. The summed E-state index contributed by atoms with van der Waals surface area (Å²) in [5.74, 6) is 0. The molecule has 0 aliphatic rings. The molecule has 0 N–H and O–H groups in total. The van der Waals surface area contributed by atoms with Crippen molar-refractivity contribution in [2.24, 2.45) is 0 Å². The molecule has 0 fully saturated rings. The van der Waals surface area contributed by atoms with E-state index in [1.54, 1.807) is 0 Å². The molecule has 0 saturated carbocycles. The molecular weight excluding hydrogens is 326 g/mol. The number of rotatable bonds is 2. The van der Waals surface area contributed by atoms with Crippen molar-refractivity contribution in [1.82, 2.24) is 0 Å². The first-order valence-corrected chi connectivity index (χ1v) is 4.59. The average molecular weight is 332 g/mol. The number of hydrogen-bond donors (Lipinski definition) is 0. The second kappa shape index (κ2) is 7.68. The SMILES string of the molecule is I/C=C/C=C/C=C/I. The topological polar surface area (TPSA) is 0 Å². The monoisotopic (exact) mass is 332 g/mol. The fraction of sp³-hybridized carbons (Fsp3) is 0. The molecule has 0 aliphatic heterocycles. The van der Waals surface area contributed by atoms with Crippen LogP contribution in [0.5, 0.6) is 0 Å². The first-order chi connectivity index (χ1) is 3.91. The lowest BCUT2D eigenvalue weighted by atomic mass is 10.5. The van der Waals surface area contributed by atoms with Gasteiger partial charge in [0.1, 0.15) is 0 Å². The molecule has 0 atom stereocenters. The van der Waals surface area contributed by atoms with Crippen LogP contribution in [0.2, 0.25) is 0 Å². The third kappa shape index (κ3) is 6.68. The van der Waals surface area contributed by atoms with Crippen molar-refractivity contribution in [2.75, 3.05) is 0 Å². The maximum Gasteiger partial charge on any atom is -0.0234 e. The maximum atomic E-state index is 2.18. The zero-order chi connectivity index (χ0) is 6.24. The molecule has 0 rings (SSSR count). The largest absolute Gasteiger partial charge is 0.0618 e. The Morgan fingerprint density at radius 2 is 1.00 bits per heavy atom. The second-order valence-corrected chi connectivity index (χ2v) is 2.46. The van der Waals surface area contributed by atoms with Crippen LogP contribution < -0.4 is 0 Å². The summed E-state index contributed by atoms with van der Waals surface area (Å²) in [7, 11) is 0. The Bertz CT molecular complexity index is 97.7. The molecule has 0 saturated heterocycles. The van der Waals surface area contributed by atoms with Gasteiger partial charge in [0.25, 0.3) is 0 Å². The average Bonchev–Trinajstić information content (AvgIpc) is 1.81. The summed E-state index contributed by atoms with van der Waals surface area (Å²) in [5, 5.41) is 0. The van der Waals surface area contributed by atoms with Crippen molar-refractivity contribution in [1.29, 1.82) is 0 Å². The Labute approximate surface area is 77.0 Å². The lowest BCUT2D eigenvalue weighted by molar-refractivity contribution is 1.97. The molecule has 0 aromatic heterocycles. The summed E-state index contributed by atoms with van der Waals surface area (Å²) < 4.78 is 3.94. The van der Waals surface area contributed by atoms with Gasteiger partial charge in [-0.25, -0.2) is 0 Å². The molecule has 0 aliphatic carbocycles. The van der Waals surface area contributed by atoms with E-state index in [9.17, 15) is 0 Å². The van der Waals surface area contributed by atoms with E-state index in [0.717, 1.165) is 0 Å². The molecule has 2 heteroatoms. The van der Waals surface area contributed by atoms with Crippen molar-refractivity contribution in [2.45, 2.75) is 0 Å². The predicted molar refractivity (Wildman–Crippen MR) is 55.5 cm³/mol. The molecule has 0 aromatic carbocycles. The molecule has 0 aromatic rings. The summed E-state index contributed by atoms with van der Waals surface area (Å²) in [5.41, 5.74) is 0. The van der Waals surface area contributed by atoms with Gasteiger partial charge in [0, 0.05) is 0 Å². The Kier molecular flexibility index (Phi) is 8.33. The molecule has 44 valence electrons. The minimum atomic E-state index is 1.97. The fourth-order valence-corrected chi connectivity index (χ4v) is 0.692. The van der Waals surface area contributed by atoms with E-state index < -0.39 is 0 Å². The summed E-state index contributed by atoms with van der Waals surface area (Å²) >= 11 is 4.36. The van der Waals surface area contributed by atoms with E-state index in [0.29, 0.717) is 0 Å². The van der Waals surface area contributed by atoms with Gasteiger partial charge in [-0.15, -0.1) is 0 Å². The first kappa shape index (κ1) is 8.68. The van der Waals surface area contributed by atoms with E-state index >= 15 is 0 Å². The first-order valence-electron chi connectivity index (χ1n) is 2.10. The van der Waals surface area contributed by atoms with Crippen molar-refractivity contribution >= 4 is 45.2 Å². The van der Waals surface area contributed by atoms with Gasteiger partial charge >= 0.3 is 0 Å². The van der Waals surface area contributed by atoms with Crippen LogP contribution >= 0.6 is 45.2 Å². The van der Waals surface area contributed by atoms with E-state index in [2.05, 4.69) is 45.2 Å². The molecule has 0 nitrogen and oxygen atoms in total. The fourth-order valence-electron chi connectivity index (χ4n) is 0.212. The van der Waals surface area contributed by atoms with Gasteiger partial charge in [-0.2, -0.15) is 0 Å². The molecular formula is C6H6I2. The highest BCUT2D eigenvalue weighted by atomic mass is 127. The van der Waals surface area contributed by atoms with Crippen molar-refractivity contribution in [3.8, 4) is 0 Å². The summed E-state index contributed by atoms with van der Waals surface area (Å²) in [4.78, 5) is 0. The van der Waals surface area contributed by atoms with Crippen LogP contribution in [0.25, 0.3) is 0 Å². The number of allylic oxidation sites excluding steroid dienone is 4. The van der Waals surface area contributed by atoms with Gasteiger partial charge in [-0.05, 0) is 8.17 Å². The molecule has 0 unspecified atom stereocenters. The van der Waals surface area contributed by atoms with Crippen LogP contribution in [-0.2, 0) is 0 Å². The van der Waals surface area contributed by atoms with Gasteiger partial charge in [-0.3, -0.25) is 0 Å². The zero-order valence-corrected chi connectivity index (χ0v) is 8.54. The Morgan fingerprint density at radius 1 is 0.625 bits per heavy atom. The lowest BCUT2D eigenvalue weighted by Gasteiger charge is -1.66. The highest BCUT2D eigenvalue weighted by Crippen LogP contribution is 1.87. The van der Waals surface area contributed by atoms with E-state index in [1.165, 1.54) is 0 Å². The van der Waals surface area contributed by atoms with Crippen molar-refractivity contribution in [3.63, 3.8) is 0 Å². The zero-order valence-electron chi connectivity index (χ0n) is 4.22. The quantitative estimate of drug-likeness (QED) is 0.537. The van der Waals surface area contributed by atoms with E-state index in [4.69, 9.17) is 0 Å². The molecule has 0 spiro atoms.